The zero-order chi connectivity index (χ0) is 9.35. The first-order chi connectivity index (χ1) is 5.41. The predicted molar refractivity (Wildman–Crippen MR) is 43.0 cm³/mol. The highest BCUT2D eigenvalue weighted by Gasteiger charge is 2.31. The van der Waals surface area contributed by atoms with Crippen molar-refractivity contribution in [2.45, 2.75) is 6.18 Å². The van der Waals surface area contributed by atoms with E-state index in [4.69, 9.17) is 11.6 Å². The van der Waals surface area contributed by atoms with Gasteiger partial charge in [0.05, 0.1) is 10.6 Å². The van der Waals surface area contributed by atoms with Gasteiger partial charge in [-0.25, -0.2) is 0 Å². The van der Waals surface area contributed by atoms with Gasteiger partial charge >= 0.3 is 6.18 Å². The Labute approximate surface area is 80.5 Å². The molecule has 1 aromatic carbocycles. The lowest BCUT2D eigenvalue weighted by Gasteiger charge is -2.06. The zero-order valence-electron chi connectivity index (χ0n) is 5.54. The van der Waals surface area contributed by atoms with E-state index >= 15 is 0 Å². The van der Waals surface area contributed by atoms with Crippen LogP contribution in [-0.4, -0.2) is 0 Å². The van der Waals surface area contributed by atoms with Gasteiger partial charge in [0.2, 0.25) is 0 Å². The Morgan fingerprint density at radius 2 is 1.92 bits per heavy atom. The van der Waals surface area contributed by atoms with Gasteiger partial charge in [0, 0.05) is 10.5 Å². The van der Waals surface area contributed by atoms with Crippen molar-refractivity contribution in [2.75, 3.05) is 0 Å². The summed E-state index contributed by atoms with van der Waals surface area (Å²) >= 11 is 8.38. The minimum Gasteiger partial charge on any atom is -0.166 e. The van der Waals surface area contributed by atoms with Gasteiger partial charge in [-0.05, 0) is 28.1 Å². The molecule has 0 atom stereocenters. The number of rotatable bonds is 0. The molecule has 0 bridgehead atoms. The van der Waals surface area contributed by atoms with Crippen molar-refractivity contribution in [3.05, 3.63) is 33.3 Å². The second kappa shape index (κ2) is 3.26. The van der Waals surface area contributed by atoms with Crippen molar-refractivity contribution in [3.63, 3.8) is 0 Å². The molecule has 0 unspecified atom stereocenters. The van der Waals surface area contributed by atoms with Crippen LogP contribution in [-0.2, 0) is 6.18 Å². The summed E-state index contributed by atoms with van der Waals surface area (Å²) in [5.41, 5.74) is -0.865. The first-order valence-corrected chi connectivity index (χ1v) is 4.03. The quantitative estimate of drug-likeness (QED) is 0.661. The van der Waals surface area contributed by atoms with E-state index in [2.05, 4.69) is 15.9 Å². The van der Waals surface area contributed by atoms with Crippen molar-refractivity contribution in [1.82, 2.24) is 0 Å². The van der Waals surface area contributed by atoms with Crippen molar-refractivity contribution in [3.8, 4) is 0 Å². The van der Waals surface area contributed by atoms with E-state index in [1.807, 2.05) is 6.07 Å². The van der Waals surface area contributed by atoms with Gasteiger partial charge in [-0.15, -0.1) is 0 Å². The monoisotopic (exact) mass is 257 g/mol. The first kappa shape index (κ1) is 9.86. The van der Waals surface area contributed by atoms with E-state index in [1.54, 1.807) is 0 Å². The highest BCUT2D eigenvalue weighted by Crippen LogP contribution is 2.32. The lowest BCUT2D eigenvalue weighted by molar-refractivity contribution is -0.137. The van der Waals surface area contributed by atoms with Gasteiger partial charge in [0.15, 0.2) is 0 Å². The van der Waals surface area contributed by atoms with Crippen LogP contribution in [0.1, 0.15) is 5.56 Å². The third-order valence-electron chi connectivity index (χ3n) is 1.16. The Bertz CT molecular complexity index is 295. The van der Waals surface area contributed by atoms with Crippen molar-refractivity contribution < 1.29 is 13.2 Å². The molecule has 0 heterocycles. The maximum absolute atomic E-state index is 12.0. The van der Waals surface area contributed by atoms with Crippen LogP contribution in [0.4, 0.5) is 13.2 Å². The molecule has 0 amide bonds. The van der Waals surface area contributed by atoms with Crippen molar-refractivity contribution in [2.24, 2.45) is 0 Å². The zero-order valence-corrected chi connectivity index (χ0v) is 7.89. The molecule has 0 aliphatic rings. The Morgan fingerprint density at radius 3 is 2.33 bits per heavy atom. The molecule has 1 rings (SSSR count). The summed E-state index contributed by atoms with van der Waals surface area (Å²) in [7, 11) is 0. The molecule has 0 spiro atoms. The van der Waals surface area contributed by atoms with Crippen molar-refractivity contribution >= 4 is 27.5 Å². The second-order valence-corrected chi connectivity index (χ2v) is 3.26. The minimum absolute atomic E-state index is 0.0650. The topological polar surface area (TPSA) is 0 Å². The predicted octanol–water partition coefficient (Wildman–Crippen LogP) is 3.92. The van der Waals surface area contributed by atoms with Crippen LogP contribution in [0.15, 0.2) is 16.6 Å². The molecule has 12 heavy (non-hydrogen) atoms. The molecule has 0 nitrogen and oxygen atoms in total. The highest BCUT2D eigenvalue weighted by atomic mass is 79.9. The minimum atomic E-state index is -4.38. The normalized spacial score (nSPS) is 11.8. The van der Waals surface area contributed by atoms with Crippen LogP contribution in [0.3, 0.4) is 0 Å². The summed E-state index contributed by atoms with van der Waals surface area (Å²) in [6.07, 6.45) is -4.38. The van der Waals surface area contributed by atoms with Crippen LogP contribution < -0.4 is 0 Å². The lowest BCUT2D eigenvalue weighted by atomic mass is 10.2. The average molecular weight is 258 g/mol. The average Bonchev–Trinajstić information content (AvgIpc) is 1.92. The number of hydrogen-bond donors (Lipinski definition) is 0. The second-order valence-electron chi connectivity index (χ2n) is 2.03. The standard InChI is InChI=1S/C7H2BrClF3/c8-5-2-1-4(3-6(5)9)7(10,11)12/h1-2H. The Kier molecular flexibility index (Phi) is 2.68. The van der Waals surface area contributed by atoms with Gasteiger partial charge in [0.1, 0.15) is 0 Å². The molecule has 0 saturated heterocycles. The fourth-order valence-corrected chi connectivity index (χ4v) is 1.01. The van der Waals surface area contributed by atoms with E-state index in [0.717, 1.165) is 6.07 Å². The lowest BCUT2D eigenvalue weighted by Crippen LogP contribution is -2.04. The van der Waals surface area contributed by atoms with E-state index in [-0.39, 0.29) is 5.02 Å². The van der Waals surface area contributed by atoms with E-state index < -0.39 is 11.7 Å². The van der Waals surface area contributed by atoms with E-state index in [1.165, 1.54) is 6.07 Å². The molecule has 0 aromatic heterocycles. The maximum atomic E-state index is 12.0. The molecule has 1 radical (unpaired) electrons. The van der Waals surface area contributed by atoms with Gasteiger partial charge in [0.25, 0.3) is 0 Å². The molecule has 0 saturated carbocycles. The number of benzene rings is 1. The van der Waals surface area contributed by atoms with Gasteiger partial charge in [-0.3, -0.25) is 0 Å². The van der Waals surface area contributed by atoms with Crippen LogP contribution >= 0.6 is 27.5 Å². The smallest absolute Gasteiger partial charge is 0.166 e. The summed E-state index contributed by atoms with van der Waals surface area (Å²) in [6, 6.07) is 4.16. The third-order valence-corrected chi connectivity index (χ3v) is 2.34. The molecular formula is C7H2BrClF3. The molecule has 0 aliphatic carbocycles. The molecule has 0 N–H and O–H groups in total. The SMILES string of the molecule is FC(F)(F)c1[c]c(Cl)c(Br)cc1. The molecule has 1 aromatic rings. The van der Waals surface area contributed by atoms with E-state index in [0.29, 0.717) is 4.47 Å². The highest BCUT2D eigenvalue weighted by molar-refractivity contribution is 9.10. The van der Waals surface area contributed by atoms with E-state index in [9.17, 15) is 13.2 Å². The molecule has 65 valence electrons. The molecule has 0 aliphatic heterocycles. The van der Waals surface area contributed by atoms with Crippen LogP contribution in [0.5, 0.6) is 0 Å². The van der Waals surface area contributed by atoms with Crippen LogP contribution in [0.2, 0.25) is 5.02 Å². The van der Waals surface area contributed by atoms with Gasteiger partial charge in [-0.2, -0.15) is 13.2 Å². The number of hydrogen-bond acceptors (Lipinski definition) is 0. The summed E-state index contributed by atoms with van der Waals surface area (Å²) in [5, 5.41) is -0.0650. The van der Waals surface area contributed by atoms with Crippen LogP contribution in [0, 0.1) is 6.07 Å². The largest absolute Gasteiger partial charge is 0.417 e. The summed E-state index contributed by atoms with van der Waals surface area (Å²) < 4.78 is 36.4. The third kappa shape index (κ3) is 2.14. The fraction of sp³-hybridized carbons (Fsp3) is 0.143. The van der Waals surface area contributed by atoms with Crippen molar-refractivity contribution in [1.29, 1.82) is 0 Å². The number of alkyl halides is 3. The summed E-state index contributed by atoms with van der Waals surface area (Å²) in [4.78, 5) is 0. The fourth-order valence-electron chi connectivity index (χ4n) is 0.615. The first-order valence-electron chi connectivity index (χ1n) is 2.86. The Balaban J connectivity index is 3.14. The van der Waals surface area contributed by atoms with Gasteiger partial charge < -0.3 is 0 Å². The summed E-state index contributed by atoms with van der Waals surface area (Å²) in [6.45, 7) is 0. The summed E-state index contributed by atoms with van der Waals surface area (Å²) in [5.74, 6) is 0. The Morgan fingerprint density at radius 1 is 1.33 bits per heavy atom. The van der Waals surface area contributed by atoms with Crippen LogP contribution in [0.25, 0.3) is 0 Å². The number of halogens is 5. The van der Waals surface area contributed by atoms with Gasteiger partial charge in [-0.1, -0.05) is 11.6 Å². The molecular weight excluding hydrogens is 256 g/mol. The maximum Gasteiger partial charge on any atom is 0.417 e. The Hall–Kier alpha value is -0.220. The molecule has 0 fully saturated rings. The molecule has 5 heteroatoms.